The number of rotatable bonds is 2. The van der Waals surface area contributed by atoms with Crippen LogP contribution < -0.4 is 5.32 Å². The van der Waals surface area contributed by atoms with Crippen molar-refractivity contribution in [1.29, 1.82) is 0 Å². The summed E-state index contributed by atoms with van der Waals surface area (Å²) in [6, 6.07) is 13.5. The second-order valence-corrected chi connectivity index (χ2v) is 7.64. The molecule has 1 amide bonds. The van der Waals surface area contributed by atoms with Crippen molar-refractivity contribution in [2.75, 3.05) is 5.32 Å². The molecule has 2 aromatic carbocycles. The summed E-state index contributed by atoms with van der Waals surface area (Å²) in [4.78, 5) is 12.5. The van der Waals surface area contributed by atoms with Gasteiger partial charge >= 0.3 is 0 Å². The number of para-hydroxylation sites is 1. The summed E-state index contributed by atoms with van der Waals surface area (Å²) in [5, 5.41) is 3.01. The molecule has 4 heteroatoms. The molecule has 0 radical (unpaired) electrons. The van der Waals surface area contributed by atoms with E-state index >= 15 is 0 Å². The lowest BCUT2D eigenvalue weighted by Crippen LogP contribution is -2.19. The van der Waals surface area contributed by atoms with E-state index in [2.05, 4.69) is 57.9 Å². The van der Waals surface area contributed by atoms with Crippen molar-refractivity contribution in [3.05, 3.63) is 62.5 Å². The number of halogens is 2. The maximum absolute atomic E-state index is 12.5. The number of nitrogens with one attached hydrogen (secondary N) is 1. The molecule has 21 heavy (non-hydrogen) atoms. The van der Waals surface area contributed by atoms with E-state index in [1.165, 1.54) is 0 Å². The molecule has 0 aliphatic rings. The van der Waals surface area contributed by atoms with E-state index in [0.29, 0.717) is 5.56 Å². The summed E-state index contributed by atoms with van der Waals surface area (Å²) in [7, 11) is 0. The van der Waals surface area contributed by atoms with Gasteiger partial charge in [-0.1, -0.05) is 54.9 Å². The van der Waals surface area contributed by atoms with Gasteiger partial charge in [-0.05, 0) is 51.2 Å². The maximum atomic E-state index is 12.5. The van der Waals surface area contributed by atoms with Crippen molar-refractivity contribution in [3.8, 4) is 0 Å². The number of amides is 1. The van der Waals surface area contributed by atoms with E-state index in [-0.39, 0.29) is 11.3 Å². The Morgan fingerprint density at radius 1 is 1.05 bits per heavy atom. The Bertz CT molecular complexity index is 675. The molecule has 0 spiro atoms. The molecule has 0 aromatic heterocycles. The number of hydrogen-bond acceptors (Lipinski definition) is 1. The van der Waals surface area contributed by atoms with Crippen LogP contribution >= 0.6 is 31.9 Å². The van der Waals surface area contributed by atoms with E-state index < -0.39 is 0 Å². The van der Waals surface area contributed by atoms with Crippen molar-refractivity contribution in [3.63, 3.8) is 0 Å². The topological polar surface area (TPSA) is 29.1 Å². The van der Waals surface area contributed by atoms with E-state index in [9.17, 15) is 4.79 Å². The fourth-order valence-electron chi connectivity index (χ4n) is 2.11. The largest absolute Gasteiger partial charge is 0.322 e. The van der Waals surface area contributed by atoms with Gasteiger partial charge in [0.25, 0.3) is 5.91 Å². The number of carbonyl (C=O) groups is 1. The first-order chi connectivity index (χ1) is 9.79. The van der Waals surface area contributed by atoms with Crippen LogP contribution in [-0.4, -0.2) is 5.91 Å². The van der Waals surface area contributed by atoms with Crippen molar-refractivity contribution >= 4 is 43.5 Å². The maximum Gasteiger partial charge on any atom is 0.256 e. The van der Waals surface area contributed by atoms with Crippen molar-refractivity contribution in [1.82, 2.24) is 0 Å². The van der Waals surface area contributed by atoms with Crippen molar-refractivity contribution in [2.45, 2.75) is 26.2 Å². The van der Waals surface area contributed by atoms with Crippen LogP contribution in [0.25, 0.3) is 0 Å². The highest BCUT2D eigenvalue weighted by atomic mass is 79.9. The Morgan fingerprint density at radius 2 is 1.71 bits per heavy atom. The summed E-state index contributed by atoms with van der Waals surface area (Å²) in [5.41, 5.74) is 2.54. The molecule has 0 atom stereocenters. The van der Waals surface area contributed by atoms with Crippen LogP contribution in [-0.2, 0) is 5.41 Å². The molecule has 0 unspecified atom stereocenters. The van der Waals surface area contributed by atoms with Crippen molar-refractivity contribution < 1.29 is 4.79 Å². The average Bonchev–Trinajstić information content (AvgIpc) is 2.41. The van der Waals surface area contributed by atoms with E-state index in [0.717, 1.165) is 20.2 Å². The Balaban J connectivity index is 2.35. The summed E-state index contributed by atoms with van der Waals surface area (Å²) in [6.07, 6.45) is 0. The molecule has 2 nitrogen and oxygen atoms in total. The predicted octanol–water partition coefficient (Wildman–Crippen LogP) is 5.76. The molecule has 0 bridgehead atoms. The van der Waals surface area contributed by atoms with Gasteiger partial charge in [0, 0.05) is 14.6 Å². The van der Waals surface area contributed by atoms with Gasteiger partial charge in [-0.3, -0.25) is 4.79 Å². The minimum absolute atomic E-state index is 0.0294. The summed E-state index contributed by atoms with van der Waals surface area (Å²) < 4.78 is 1.65. The molecule has 0 heterocycles. The molecular formula is C17H17Br2NO. The van der Waals surface area contributed by atoms with Crippen LogP contribution in [0.3, 0.4) is 0 Å². The molecule has 110 valence electrons. The Kier molecular flexibility index (Phi) is 4.89. The highest BCUT2D eigenvalue weighted by Crippen LogP contribution is 2.30. The number of anilines is 1. The predicted molar refractivity (Wildman–Crippen MR) is 94.9 cm³/mol. The zero-order valence-electron chi connectivity index (χ0n) is 12.2. The fraction of sp³-hybridized carbons (Fsp3) is 0.235. The van der Waals surface area contributed by atoms with Gasteiger partial charge in [-0.25, -0.2) is 0 Å². The first-order valence-corrected chi connectivity index (χ1v) is 8.23. The first-order valence-electron chi connectivity index (χ1n) is 6.65. The molecule has 0 saturated carbocycles. The number of benzene rings is 2. The molecule has 1 N–H and O–H groups in total. The van der Waals surface area contributed by atoms with E-state index in [4.69, 9.17) is 0 Å². The van der Waals surface area contributed by atoms with E-state index in [1.807, 2.05) is 36.4 Å². The van der Waals surface area contributed by atoms with Gasteiger partial charge in [0.05, 0.1) is 5.56 Å². The van der Waals surface area contributed by atoms with Crippen LogP contribution in [0.5, 0.6) is 0 Å². The molecule has 2 aromatic rings. The van der Waals surface area contributed by atoms with Gasteiger partial charge in [-0.2, -0.15) is 0 Å². The third kappa shape index (κ3) is 3.95. The SMILES string of the molecule is CC(C)(C)c1ccccc1NC(=O)c1cc(Br)ccc1Br. The quantitative estimate of drug-likeness (QED) is 0.669. The Hall–Kier alpha value is -1.13. The monoisotopic (exact) mass is 409 g/mol. The lowest BCUT2D eigenvalue weighted by Gasteiger charge is -2.23. The molecule has 2 rings (SSSR count). The molecule has 0 saturated heterocycles. The standard InChI is InChI=1S/C17H17Br2NO/c1-17(2,3)13-6-4-5-7-15(13)20-16(21)12-10-11(18)8-9-14(12)19/h4-10H,1-3H3,(H,20,21). The zero-order valence-corrected chi connectivity index (χ0v) is 15.4. The van der Waals surface area contributed by atoms with Crippen LogP contribution in [0.15, 0.2) is 51.4 Å². The van der Waals surface area contributed by atoms with Gasteiger partial charge in [0.15, 0.2) is 0 Å². The third-order valence-corrected chi connectivity index (χ3v) is 4.34. The van der Waals surface area contributed by atoms with Gasteiger partial charge < -0.3 is 5.32 Å². The van der Waals surface area contributed by atoms with Gasteiger partial charge in [0.1, 0.15) is 0 Å². The second kappa shape index (κ2) is 6.32. The van der Waals surface area contributed by atoms with Crippen LogP contribution in [0.2, 0.25) is 0 Å². The Morgan fingerprint density at radius 3 is 2.38 bits per heavy atom. The summed E-state index contributed by atoms with van der Waals surface area (Å²) in [5.74, 6) is -0.125. The zero-order chi connectivity index (χ0) is 15.6. The average molecular weight is 411 g/mol. The van der Waals surface area contributed by atoms with E-state index in [1.54, 1.807) is 6.07 Å². The smallest absolute Gasteiger partial charge is 0.256 e. The van der Waals surface area contributed by atoms with Crippen LogP contribution in [0, 0.1) is 0 Å². The highest BCUT2D eigenvalue weighted by molar-refractivity contribution is 9.11. The molecule has 0 aliphatic heterocycles. The van der Waals surface area contributed by atoms with Gasteiger partial charge in [-0.15, -0.1) is 0 Å². The third-order valence-electron chi connectivity index (χ3n) is 3.16. The number of hydrogen-bond donors (Lipinski definition) is 1. The lowest BCUT2D eigenvalue weighted by atomic mass is 9.86. The Labute approximate surface area is 142 Å². The first kappa shape index (κ1) is 16.2. The minimum atomic E-state index is -0.125. The van der Waals surface area contributed by atoms with Crippen molar-refractivity contribution in [2.24, 2.45) is 0 Å². The normalized spacial score (nSPS) is 11.3. The molecular weight excluding hydrogens is 394 g/mol. The molecule has 0 fully saturated rings. The summed E-state index contributed by atoms with van der Waals surface area (Å²) >= 11 is 6.82. The lowest BCUT2D eigenvalue weighted by molar-refractivity contribution is 0.102. The number of carbonyl (C=O) groups excluding carboxylic acids is 1. The highest BCUT2D eigenvalue weighted by Gasteiger charge is 2.19. The van der Waals surface area contributed by atoms with Crippen LogP contribution in [0.1, 0.15) is 36.7 Å². The van der Waals surface area contributed by atoms with Gasteiger partial charge in [0.2, 0.25) is 0 Å². The van der Waals surface area contributed by atoms with Crippen LogP contribution in [0.4, 0.5) is 5.69 Å². The second-order valence-electron chi connectivity index (χ2n) is 5.87. The fourth-order valence-corrected chi connectivity index (χ4v) is 2.90. The summed E-state index contributed by atoms with van der Waals surface area (Å²) in [6.45, 7) is 6.40. The molecule has 0 aliphatic carbocycles. The minimum Gasteiger partial charge on any atom is -0.322 e.